The van der Waals surface area contributed by atoms with Gasteiger partial charge in [0.1, 0.15) is 0 Å². The van der Waals surface area contributed by atoms with Crippen LogP contribution in [0.15, 0.2) is 71.8 Å². The fourth-order valence-corrected chi connectivity index (χ4v) is 3.04. The molecule has 3 rings (SSSR count). The van der Waals surface area contributed by atoms with Gasteiger partial charge < -0.3 is 14.8 Å². The summed E-state index contributed by atoms with van der Waals surface area (Å²) in [4.78, 5) is 36.4. The molecule has 0 atom stereocenters. The molecule has 0 unspecified atom stereocenters. The second kappa shape index (κ2) is 11.6. The van der Waals surface area contributed by atoms with Gasteiger partial charge in [-0.3, -0.25) is 9.59 Å². The van der Waals surface area contributed by atoms with Crippen molar-refractivity contribution in [1.29, 1.82) is 0 Å². The molecule has 0 aliphatic heterocycles. The summed E-state index contributed by atoms with van der Waals surface area (Å²) in [5, 5.41) is 6.63. The zero-order valence-electron chi connectivity index (χ0n) is 18.5. The van der Waals surface area contributed by atoms with Crippen molar-refractivity contribution < 1.29 is 23.9 Å². The zero-order chi connectivity index (χ0) is 24.5. The molecule has 0 aliphatic rings. The summed E-state index contributed by atoms with van der Waals surface area (Å²) in [6, 6.07) is 18.4. The Balaban J connectivity index is 1.54. The number of carbonyl (C=O) groups is 3. The van der Waals surface area contributed by atoms with E-state index in [-0.39, 0.29) is 17.9 Å². The van der Waals surface area contributed by atoms with E-state index in [1.165, 1.54) is 13.3 Å². The first kappa shape index (κ1) is 24.5. The van der Waals surface area contributed by atoms with E-state index in [1.807, 2.05) is 19.1 Å². The van der Waals surface area contributed by atoms with Crippen molar-refractivity contribution in [3.63, 3.8) is 0 Å². The lowest BCUT2D eigenvalue weighted by Crippen LogP contribution is -2.35. The summed E-state index contributed by atoms with van der Waals surface area (Å²) in [5.74, 6) is -0.928. The highest BCUT2D eigenvalue weighted by molar-refractivity contribution is 6.33. The number of hydrogen-bond acceptors (Lipinski definition) is 6. The topological polar surface area (TPSA) is 106 Å². The maximum Gasteiger partial charge on any atom is 0.343 e. The van der Waals surface area contributed by atoms with Gasteiger partial charge in [-0.25, -0.2) is 10.2 Å². The molecule has 174 valence electrons. The number of hydrogen-bond donors (Lipinski definition) is 2. The van der Waals surface area contributed by atoms with Crippen LogP contribution in [0, 0.1) is 6.92 Å². The first-order valence-electron chi connectivity index (χ1n) is 10.2. The molecule has 34 heavy (non-hydrogen) atoms. The van der Waals surface area contributed by atoms with Gasteiger partial charge in [-0.1, -0.05) is 41.4 Å². The van der Waals surface area contributed by atoms with E-state index in [9.17, 15) is 14.4 Å². The summed E-state index contributed by atoms with van der Waals surface area (Å²) < 4.78 is 10.7. The Morgan fingerprint density at radius 3 is 2.44 bits per heavy atom. The van der Waals surface area contributed by atoms with Crippen molar-refractivity contribution in [2.45, 2.75) is 6.92 Å². The Hall–Kier alpha value is -4.17. The Labute approximate surface area is 201 Å². The number of esters is 1. The fraction of sp³-hybridized carbons (Fsp3) is 0.120. The van der Waals surface area contributed by atoms with Crippen LogP contribution in [0.1, 0.15) is 31.8 Å². The van der Waals surface area contributed by atoms with Gasteiger partial charge in [0.05, 0.1) is 36.0 Å². The number of aryl methyl sites for hydroxylation is 1. The lowest BCUT2D eigenvalue weighted by Gasteiger charge is -2.10. The Morgan fingerprint density at radius 2 is 1.74 bits per heavy atom. The van der Waals surface area contributed by atoms with Crippen LogP contribution < -0.4 is 20.2 Å². The zero-order valence-corrected chi connectivity index (χ0v) is 19.3. The van der Waals surface area contributed by atoms with Crippen LogP contribution in [0.2, 0.25) is 5.02 Å². The maximum atomic E-state index is 12.4. The van der Waals surface area contributed by atoms with Gasteiger partial charge in [0.15, 0.2) is 11.5 Å². The lowest BCUT2D eigenvalue weighted by atomic mass is 10.1. The molecule has 0 fully saturated rings. The average molecular weight is 480 g/mol. The number of halogens is 1. The molecule has 0 heterocycles. The van der Waals surface area contributed by atoms with Gasteiger partial charge in [-0.05, 0) is 55.0 Å². The van der Waals surface area contributed by atoms with Crippen LogP contribution in [-0.4, -0.2) is 37.7 Å². The molecule has 0 saturated heterocycles. The van der Waals surface area contributed by atoms with E-state index >= 15 is 0 Å². The Morgan fingerprint density at radius 1 is 1.00 bits per heavy atom. The number of methoxy groups -OCH3 is 1. The van der Waals surface area contributed by atoms with Gasteiger partial charge in [0.2, 0.25) is 0 Å². The molecule has 2 amide bonds. The Kier molecular flexibility index (Phi) is 8.37. The normalized spacial score (nSPS) is 10.6. The first-order valence-corrected chi connectivity index (χ1v) is 10.6. The van der Waals surface area contributed by atoms with Crippen LogP contribution in [0.25, 0.3) is 0 Å². The third-order valence-electron chi connectivity index (χ3n) is 4.61. The van der Waals surface area contributed by atoms with Crippen LogP contribution in [0.5, 0.6) is 11.5 Å². The van der Waals surface area contributed by atoms with E-state index in [1.54, 1.807) is 54.6 Å². The number of nitrogens with zero attached hydrogens (tertiary/aromatic N) is 1. The van der Waals surface area contributed by atoms with Gasteiger partial charge in [-0.2, -0.15) is 5.10 Å². The summed E-state index contributed by atoms with van der Waals surface area (Å²) in [6.45, 7) is 1.65. The molecule has 0 bridgehead atoms. The number of nitrogens with one attached hydrogen (secondary N) is 2. The van der Waals surface area contributed by atoms with Crippen molar-refractivity contribution in [1.82, 2.24) is 10.7 Å². The van der Waals surface area contributed by atoms with Crippen molar-refractivity contribution in [3.8, 4) is 11.5 Å². The van der Waals surface area contributed by atoms with E-state index in [2.05, 4.69) is 15.8 Å². The maximum absolute atomic E-state index is 12.4. The lowest BCUT2D eigenvalue weighted by molar-refractivity contribution is -0.120. The highest BCUT2D eigenvalue weighted by Crippen LogP contribution is 2.28. The number of hydrazone groups is 1. The summed E-state index contributed by atoms with van der Waals surface area (Å²) in [5.41, 5.74) is 4.64. The van der Waals surface area contributed by atoms with Crippen molar-refractivity contribution in [2.24, 2.45) is 5.10 Å². The molecule has 0 aliphatic carbocycles. The number of carbonyl (C=O) groups excluding carboxylic acids is 3. The molecular weight excluding hydrogens is 458 g/mol. The van der Waals surface area contributed by atoms with Crippen molar-refractivity contribution >= 4 is 35.6 Å². The fourth-order valence-electron chi connectivity index (χ4n) is 2.82. The molecule has 8 nitrogen and oxygen atoms in total. The number of amides is 2. The van der Waals surface area contributed by atoms with Crippen LogP contribution >= 0.6 is 11.6 Å². The molecule has 0 aromatic heterocycles. The van der Waals surface area contributed by atoms with E-state index in [4.69, 9.17) is 21.1 Å². The number of benzene rings is 3. The van der Waals surface area contributed by atoms with E-state index in [0.29, 0.717) is 21.9 Å². The number of ether oxygens (including phenoxy) is 2. The van der Waals surface area contributed by atoms with Crippen LogP contribution in [0.3, 0.4) is 0 Å². The second-order valence-corrected chi connectivity index (χ2v) is 7.53. The third-order valence-corrected chi connectivity index (χ3v) is 4.94. The molecular formula is C25H22ClN3O5. The van der Waals surface area contributed by atoms with Gasteiger partial charge in [0, 0.05) is 0 Å². The standard InChI is InChI=1S/C25H22ClN3O5/c1-16-7-10-18(11-8-16)25(32)34-21-12-9-17(13-22(21)33-2)14-28-29-23(30)15-27-24(31)19-5-3-4-6-20(19)26/h3-14H,15H2,1-2H3,(H,27,31)(H,29,30)/b28-14-. The van der Waals surface area contributed by atoms with E-state index < -0.39 is 17.8 Å². The van der Waals surface area contributed by atoms with E-state index in [0.717, 1.165) is 5.56 Å². The SMILES string of the molecule is COc1cc(/C=N\NC(=O)CNC(=O)c2ccccc2Cl)ccc1OC(=O)c1ccc(C)cc1. The van der Waals surface area contributed by atoms with Gasteiger partial charge >= 0.3 is 5.97 Å². The third kappa shape index (κ3) is 6.66. The van der Waals surface area contributed by atoms with Crippen molar-refractivity contribution in [3.05, 3.63) is 94.0 Å². The summed E-state index contributed by atoms with van der Waals surface area (Å²) in [7, 11) is 1.45. The molecule has 3 aromatic rings. The highest BCUT2D eigenvalue weighted by Gasteiger charge is 2.13. The molecule has 9 heteroatoms. The quantitative estimate of drug-likeness (QED) is 0.221. The first-order chi connectivity index (χ1) is 16.4. The molecule has 0 saturated carbocycles. The molecule has 0 spiro atoms. The summed E-state index contributed by atoms with van der Waals surface area (Å²) >= 11 is 5.96. The minimum absolute atomic E-state index is 0.247. The molecule has 3 aromatic carbocycles. The minimum Gasteiger partial charge on any atom is -0.493 e. The second-order valence-electron chi connectivity index (χ2n) is 7.12. The summed E-state index contributed by atoms with van der Waals surface area (Å²) in [6.07, 6.45) is 1.39. The van der Waals surface area contributed by atoms with Crippen LogP contribution in [0.4, 0.5) is 0 Å². The van der Waals surface area contributed by atoms with Crippen LogP contribution in [-0.2, 0) is 4.79 Å². The number of rotatable bonds is 8. The largest absolute Gasteiger partial charge is 0.493 e. The minimum atomic E-state index is -0.521. The molecule has 0 radical (unpaired) electrons. The Bertz CT molecular complexity index is 1230. The smallest absolute Gasteiger partial charge is 0.343 e. The average Bonchev–Trinajstić information content (AvgIpc) is 2.84. The monoisotopic (exact) mass is 479 g/mol. The predicted octanol–water partition coefficient (Wildman–Crippen LogP) is 3.76. The highest BCUT2D eigenvalue weighted by atomic mass is 35.5. The van der Waals surface area contributed by atoms with Crippen molar-refractivity contribution in [2.75, 3.05) is 13.7 Å². The molecule has 2 N–H and O–H groups in total. The predicted molar refractivity (Wildman–Crippen MR) is 129 cm³/mol. The van der Waals surface area contributed by atoms with Gasteiger partial charge in [0.25, 0.3) is 11.8 Å². The van der Waals surface area contributed by atoms with Gasteiger partial charge in [-0.15, -0.1) is 0 Å².